The second kappa shape index (κ2) is 8.85. The predicted octanol–water partition coefficient (Wildman–Crippen LogP) is 3.93. The third kappa shape index (κ3) is 5.59. The van der Waals surface area contributed by atoms with Crippen molar-refractivity contribution in [3.05, 3.63) is 58.1 Å². The van der Waals surface area contributed by atoms with Gasteiger partial charge in [-0.25, -0.2) is 0 Å². The smallest absolute Gasteiger partial charge is 0.263 e. The van der Waals surface area contributed by atoms with E-state index in [-0.39, 0.29) is 18.4 Å². The molecule has 0 bridgehead atoms. The lowest BCUT2D eigenvalue weighted by Gasteiger charge is -2.22. The zero-order valence-electron chi connectivity index (χ0n) is 15.4. The van der Waals surface area contributed by atoms with Crippen LogP contribution in [-0.2, 0) is 9.59 Å². The molecular weight excluding hydrogens is 396 g/mol. The molecule has 6 heteroatoms. The maximum atomic E-state index is 12.4. The normalized spacial score (nSPS) is 11.6. The molecule has 2 amide bonds. The summed E-state index contributed by atoms with van der Waals surface area (Å²) in [6.07, 6.45) is -0.677. The third-order valence-electron chi connectivity index (χ3n) is 3.87. The number of benzene rings is 2. The van der Waals surface area contributed by atoms with Gasteiger partial charge in [-0.15, -0.1) is 0 Å². The summed E-state index contributed by atoms with van der Waals surface area (Å²) in [6, 6.07) is 13.1. The molecule has 0 saturated carbocycles. The number of carbonyl (C=O) groups is 2. The number of aryl methyl sites for hydroxylation is 2. The molecule has 0 heterocycles. The van der Waals surface area contributed by atoms with E-state index >= 15 is 0 Å². The lowest BCUT2D eigenvalue weighted by molar-refractivity contribution is -0.139. The number of amides is 2. The number of likely N-dealkylation sites (N-methyl/N-ethyl adjacent to an activating group) is 1. The first kappa shape index (κ1) is 20.0. The van der Waals surface area contributed by atoms with Crippen molar-refractivity contribution in [2.45, 2.75) is 26.9 Å². The van der Waals surface area contributed by atoms with E-state index in [9.17, 15) is 9.59 Å². The average Bonchev–Trinajstić information content (AvgIpc) is 2.56. The quantitative estimate of drug-likeness (QED) is 0.772. The molecule has 0 radical (unpaired) electrons. The van der Waals surface area contributed by atoms with Crippen LogP contribution >= 0.6 is 15.9 Å². The molecule has 138 valence electrons. The highest BCUT2D eigenvalue weighted by molar-refractivity contribution is 9.10. The molecule has 26 heavy (non-hydrogen) atoms. The van der Waals surface area contributed by atoms with Crippen LogP contribution in [0.2, 0.25) is 0 Å². The van der Waals surface area contributed by atoms with Crippen molar-refractivity contribution in [1.29, 1.82) is 0 Å². The molecule has 1 atom stereocenters. The van der Waals surface area contributed by atoms with E-state index in [1.165, 1.54) is 4.90 Å². The number of halogens is 1. The van der Waals surface area contributed by atoms with Crippen LogP contribution in [0.15, 0.2) is 46.9 Å². The van der Waals surface area contributed by atoms with Crippen LogP contribution in [0, 0.1) is 13.8 Å². The minimum atomic E-state index is -0.677. The van der Waals surface area contributed by atoms with E-state index in [0.717, 1.165) is 21.3 Å². The van der Waals surface area contributed by atoms with Crippen molar-refractivity contribution in [3.63, 3.8) is 0 Å². The van der Waals surface area contributed by atoms with Crippen molar-refractivity contribution in [2.24, 2.45) is 0 Å². The maximum absolute atomic E-state index is 12.4. The van der Waals surface area contributed by atoms with Crippen LogP contribution in [0.1, 0.15) is 18.1 Å². The monoisotopic (exact) mass is 418 g/mol. The molecule has 5 nitrogen and oxygen atoms in total. The number of ether oxygens (including phenoxy) is 1. The van der Waals surface area contributed by atoms with Crippen LogP contribution < -0.4 is 10.1 Å². The lowest BCUT2D eigenvalue weighted by Crippen LogP contribution is -2.42. The molecule has 2 aromatic carbocycles. The van der Waals surface area contributed by atoms with Crippen molar-refractivity contribution in [3.8, 4) is 5.75 Å². The van der Waals surface area contributed by atoms with Gasteiger partial charge in [0.15, 0.2) is 6.10 Å². The first-order valence-electron chi connectivity index (χ1n) is 8.30. The molecular formula is C20H23BrN2O3. The van der Waals surface area contributed by atoms with Crippen molar-refractivity contribution in [1.82, 2.24) is 4.90 Å². The SMILES string of the molecule is Cc1cccc(OC(C)C(=O)N(C)CC(=O)Nc2ccc(Br)cc2C)c1. The third-order valence-corrected chi connectivity index (χ3v) is 4.36. The number of carbonyl (C=O) groups excluding carboxylic acids is 2. The van der Waals surface area contributed by atoms with Gasteiger partial charge in [0.05, 0.1) is 6.54 Å². The zero-order valence-corrected chi connectivity index (χ0v) is 17.0. The summed E-state index contributed by atoms with van der Waals surface area (Å²) < 4.78 is 6.63. The predicted molar refractivity (Wildman–Crippen MR) is 106 cm³/mol. The van der Waals surface area contributed by atoms with Crippen LogP contribution in [0.3, 0.4) is 0 Å². The molecule has 1 N–H and O–H groups in total. The van der Waals surface area contributed by atoms with E-state index in [2.05, 4.69) is 21.2 Å². The van der Waals surface area contributed by atoms with Gasteiger partial charge in [-0.05, 0) is 62.2 Å². The van der Waals surface area contributed by atoms with Crippen LogP contribution in [0.5, 0.6) is 5.75 Å². The molecule has 0 fully saturated rings. The van der Waals surface area contributed by atoms with Crippen molar-refractivity contribution >= 4 is 33.4 Å². The van der Waals surface area contributed by atoms with Crippen molar-refractivity contribution < 1.29 is 14.3 Å². The van der Waals surface area contributed by atoms with Crippen LogP contribution in [0.4, 0.5) is 5.69 Å². The van der Waals surface area contributed by atoms with E-state index in [0.29, 0.717) is 5.75 Å². The Morgan fingerprint density at radius 1 is 1.19 bits per heavy atom. The topological polar surface area (TPSA) is 58.6 Å². The molecule has 0 aromatic heterocycles. The molecule has 1 unspecified atom stereocenters. The van der Waals surface area contributed by atoms with E-state index in [4.69, 9.17) is 4.74 Å². The highest BCUT2D eigenvalue weighted by Crippen LogP contribution is 2.20. The Bertz CT molecular complexity index is 807. The van der Waals surface area contributed by atoms with Gasteiger partial charge in [-0.1, -0.05) is 28.1 Å². The Morgan fingerprint density at radius 3 is 2.58 bits per heavy atom. The molecule has 0 spiro atoms. The Morgan fingerprint density at radius 2 is 1.92 bits per heavy atom. The number of nitrogens with one attached hydrogen (secondary N) is 1. The molecule has 2 rings (SSSR count). The number of hydrogen-bond donors (Lipinski definition) is 1. The summed E-state index contributed by atoms with van der Waals surface area (Å²) in [6.45, 7) is 5.50. The number of rotatable bonds is 6. The fourth-order valence-corrected chi connectivity index (χ4v) is 2.98. The summed E-state index contributed by atoms with van der Waals surface area (Å²) in [5.74, 6) is 0.123. The highest BCUT2D eigenvalue weighted by atomic mass is 79.9. The molecule has 0 aliphatic rings. The first-order chi connectivity index (χ1) is 12.3. The van der Waals surface area contributed by atoms with Gasteiger partial charge in [-0.3, -0.25) is 9.59 Å². The van der Waals surface area contributed by atoms with Gasteiger partial charge in [-0.2, -0.15) is 0 Å². The molecule has 0 aliphatic carbocycles. The fraction of sp³-hybridized carbons (Fsp3) is 0.300. The van der Waals surface area contributed by atoms with Gasteiger partial charge < -0.3 is 15.0 Å². The molecule has 0 aliphatic heterocycles. The van der Waals surface area contributed by atoms with Crippen LogP contribution in [0.25, 0.3) is 0 Å². The highest BCUT2D eigenvalue weighted by Gasteiger charge is 2.21. The van der Waals surface area contributed by atoms with Crippen LogP contribution in [-0.4, -0.2) is 36.4 Å². The zero-order chi connectivity index (χ0) is 19.3. The van der Waals surface area contributed by atoms with E-state index < -0.39 is 6.10 Å². The van der Waals surface area contributed by atoms with Gasteiger partial charge in [0, 0.05) is 17.2 Å². The Kier molecular flexibility index (Phi) is 6.80. The first-order valence-corrected chi connectivity index (χ1v) is 9.10. The molecule has 0 saturated heterocycles. The largest absolute Gasteiger partial charge is 0.481 e. The van der Waals surface area contributed by atoms with E-state index in [1.54, 1.807) is 20.0 Å². The van der Waals surface area contributed by atoms with Gasteiger partial charge in [0.1, 0.15) is 5.75 Å². The average molecular weight is 419 g/mol. The Balaban J connectivity index is 1.91. The summed E-state index contributed by atoms with van der Waals surface area (Å²) in [4.78, 5) is 26.0. The summed E-state index contributed by atoms with van der Waals surface area (Å²) >= 11 is 3.39. The summed E-state index contributed by atoms with van der Waals surface area (Å²) in [5.41, 5.74) is 2.72. The van der Waals surface area contributed by atoms with Gasteiger partial charge in [0.25, 0.3) is 5.91 Å². The molecule has 2 aromatic rings. The minimum absolute atomic E-state index is 0.0458. The second-order valence-electron chi connectivity index (χ2n) is 6.28. The Labute approximate surface area is 162 Å². The number of hydrogen-bond acceptors (Lipinski definition) is 3. The lowest BCUT2D eigenvalue weighted by atomic mass is 10.2. The standard InChI is InChI=1S/C20H23BrN2O3/c1-13-6-5-7-17(10-13)26-15(3)20(25)23(4)12-19(24)22-18-9-8-16(21)11-14(18)2/h5-11,15H,12H2,1-4H3,(H,22,24). The maximum Gasteiger partial charge on any atom is 0.263 e. The number of nitrogens with zero attached hydrogens (tertiary/aromatic N) is 1. The number of anilines is 1. The summed E-state index contributed by atoms with van der Waals surface area (Å²) in [7, 11) is 1.59. The summed E-state index contributed by atoms with van der Waals surface area (Å²) in [5, 5.41) is 2.82. The fourth-order valence-electron chi connectivity index (χ4n) is 2.50. The minimum Gasteiger partial charge on any atom is -0.481 e. The second-order valence-corrected chi connectivity index (χ2v) is 7.19. The van der Waals surface area contributed by atoms with Gasteiger partial charge in [0.2, 0.25) is 5.91 Å². The van der Waals surface area contributed by atoms with Gasteiger partial charge >= 0.3 is 0 Å². The van der Waals surface area contributed by atoms with E-state index in [1.807, 2.05) is 50.2 Å². The van der Waals surface area contributed by atoms with Crippen molar-refractivity contribution in [2.75, 3.05) is 18.9 Å². The Hall–Kier alpha value is -2.34.